The number of rotatable bonds is 5. The van der Waals surface area contributed by atoms with E-state index in [2.05, 4.69) is 0 Å². The number of aromatic nitrogens is 1. The Morgan fingerprint density at radius 3 is 2.48 bits per heavy atom. The zero-order valence-electron chi connectivity index (χ0n) is 14.4. The molecule has 0 N–H and O–H groups in total. The van der Waals surface area contributed by atoms with Gasteiger partial charge >= 0.3 is 12.1 Å². The van der Waals surface area contributed by atoms with E-state index in [4.69, 9.17) is 16.3 Å². The van der Waals surface area contributed by atoms with Gasteiger partial charge in [0.15, 0.2) is 6.61 Å². The lowest BCUT2D eigenvalue weighted by Crippen LogP contribution is -2.28. The van der Waals surface area contributed by atoms with E-state index in [0.29, 0.717) is 28.0 Å². The third kappa shape index (κ3) is 5.19. The van der Waals surface area contributed by atoms with Crippen LogP contribution < -0.4 is 5.56 Å². The Morgan fingerprint density at radius 1 is 1.19 bits per heavy atom. The van der Waals surface area contributed by atoms with Crippen molar-refractivity contribution in [3.63, 3.8) is 0 Å². The summed E-state index contributed by atoms with van der Waals surface area (Å²) in [6, 6.07) is 5.69. The standard InChI is InChI=1S/C18H15ClF3NO4/c1-10-3-4-11(2)13(5-10)15(24)9-27-16(25)8-23-7-12(18(20,21)22)6-14(19)17(23)26/h3-7H,8-9H2,1-2H3. The third-order valence-corrected chi connectivity index (χ3v) is 4.00. The van der Waals surface area contributed by atoms with Gasteiger partial charge in [0, 0.05) is 11.8 Å². The predicted molar refractivity (Wildman–Crippen MR) is 91.9 cm³/mol. The van der Waals surface area contributed by atoms with E-state index in [-0.39, 0.29) is 0 Å². The first-order chi connectivity index (χ1) is 12.5. The average Bonchev–Trinajstić information content (AvgIpc) is 2.57. The first-order valence-electron chi connectivity index (χ1n) is 7.72. The van der Waals surface area contributed by atoms with Gasteiger partial charge in [-0.3, -0.25) is 14.4 Å². The number of carbonyl (C=O) groups is 2. The topological polar surface area (TPSA) is 65.4 Å². The molecule has 0 bridgehead atoms. The van der Waals surface area contributed by atoms with Crippen molar-refractivity contribution in [3.05, 3.63) is 68.1 Å². The molecule has 0 radical (unpaired) electrons. The maximum Gasteiger partial charge on any atom is 0.417 e. The van der Waals surface area contributed by atoms with Crippen molar-refractivity contribution in [3.8, 4) is 0 Å². The summed E-state index contributed by atoms with van der Waals surface area (Å²) in [7, 11) is 0. The van der Waals surface area contributed by atoms with Crippen LogP contribution in [0.4, 0.5) is 13.2 Å². The van der Waals surface area contributed by atoms with E-state index in [9.17, 15) is 27.6 Å². The van der Waals surface area contributed by atoms with E-state index in [0.717, 1.165) is 5.56 Å². The van der Waals surface area contributed by atoms with E-state index < -0.39 is 47.2 Å². The van der Waals surface area contributed by atoms with Crippen LogP contribution in [0.2, 0.25) is 5.02 Å². The molecule has 9 heteroatoms. The van der Waals surface area contributed by atoms with Gasteiger partial charge in [-0.25, -0.2) is 0 Å². The number of alkyl halides is 3. The molecule has 1 heterocycles. The molecule has 0 unspecified atom stereocenters. The molecule has 0 saturated heterocycles. The number of carbonyl (C=O) groups excluding carboxylic acids is 2. The lowest BCUT2D eigenvalue weighted by atomic mass is 10.0. The van der Waals surface area contributed by atoms with Crippen LogP contribution in [0.3, 0.4) is 0 Å². The van der Waals surface area contributed by atoms with Gasteiger partial charge in [0.25, 0.3) is 5.56 Å². The summed E-state index contributed by atoms with van der Waals surface area (Å²) in [5.74, 6) is -1.50. The second-order valence-corrected chi connectivity index (χ2v) is 6.32. The molecule has 1 aromatic carbocycles. The molecule has 0 fully saturated rings. The minimum atomic E-state index is -4.73. The molecule has 0 amide bonds. The van der Waals surface area contributed by atoms with Crippen LogP contribution in [-0.4, -0.2) is 22.9 Å². The molecule has 1 aromatic heterocycles. The molecule has 0 aliphatic carbocycles. The molecule has 0 aliphatic rings. The third-order valence-electron chi connectivity index (χ3n) is 3.73. The fourth-order valence-electron chi connectivity index (χ4n) is 2.32. The Kier molecular flexibility index (Phi) is 6.10. The summed E-state index contributed by atoms with van der Waals surface area (Å²) in [5.41, 5.74) is -0.223. The van der Waals surface area contributed by atoms with E-state index in [1.165, 1.54) is 0 Å². The van der Waals surface area contributed by atoms with Crippen LogP contribution in [0.5, 0.6) is 0 Å². The van der Waals surface area contributed by atoms with Crippen molar-refractivity contribution >= 4 is 23.4 Å². The van der Waals surface area contributed by atoms with Crippen LogP contribution in [0.15, 0.2) is 35.3 Å². The molecule has 2 aromatic rings. The molecule has 27 heavy (non-hydrogen) atoms. The maximum absolute atomic E-state index is 12.8. The Balaban J connectivity index is 2.10. The van der Waals surface area contributed by atoms with Gasteiger partial charge < -0.3 is 9.30 Å². The maximum atomic E-state index is 12.8. The quantitative estimate of drug-likeness (QED) is 0.567. The van der Waals surface area contributed by atoms with Crippen molar-refractivity contribution in [1.82, 2.24) is 4.57 Å². The van der Waals surface area contributed by atoms with E-state index >= 15 is 0 Å². The highest BCUT2D eigenvalue weighted by molar-refractivity contribution is 6.30. The van der Waals surface area contributed by atoms with Gasteiger partial charge in [0.05, 0.1) is 5.56 Å². The summed E-state index contributed by atoms with van der Waals surface area (Å²) in [6.07, 6.45) is -4.26. The lowest BCUT2D eigenvalue weighted by molar-refractivity contribution is -0.144. The van der Waals surface area contributed by atoms with Crippen molar-refractivity contribution in [1.29, 1.82) is 0 Å². The first-order valence-corrected chi connectivity index (χ1v) is 8.10. The fourth-order valence-corrected chi connectivity index (χ4v) is 2.54. The average molecular weight is 402 g/mol. The zero-order valence-corrected chi connectivity index (χ0v) is 15.1. The molecule has 0 saturated carbocycles. The predicted octanol–water partition coefficient (Wildman–Crippen LogP) is 3.56. The molecule has 2 rings (SSSR count). The summed E-state index contributed by atoms with van der Waals surface area (Å²) in [6.45, 7) is 2.12. The highest BCUT2D eigenvalue weighted by Gasteiger charge is 2.32. The molecule has 5 nitrogen and oxygen atoms in total. The van der Waals surface area contributed by atoms with Gasteiger partial charge in [0.1, 0.15) is 11.6 Å². The van der Waals surface area contributed by atoms with E-state index in [1.54, 1.807) is 26.0 Å². The van der Waals surface area contributed by atoms with Crippen LogP contribution in [-0.2, 0) is 22.3 Å². The van der Waals surface area contributed by atoms with Gasteiger partial charge in [0.2, 0.25) is 5.78 Å². The number of hydrogen-bond donors (Lipinski definition) is 0. The monoisotopic (exact) mass is 401 g/mol. The Hall–Kier alpha value is -2.61. The molecular weight excluding hydrogens is 387 g/mol. The number of ketones is 1. The fraction of sp³-hybridized carbons (Fsp3) is 0.278. The number of Topliss-reactive ketones (excluding diaryl/α,β-unsaturated/α-hetero) is 1. The number of ether oxygens (including phenoxy) is 1. The molecule has 0 aliphatic heterocycles. The number of aryl methyl sites for hydroxylation is 2. The molecule has 0 atom stereocenters. The Labute approximate surface area is 157 Å². The highest BCUT2D eigenvalue weighted by atomic mass is 35.5. The van der Waals surface area contributed by atoms with Crippen molar-refractivity contribution in [2.45, 2.75) is 26.6 Å². The zero-order chi connectivity index (χ0) is 20.4. The van der Waals surface area contributed by atoms with Crippen molar-refractivity contribution in [2.75, 3.05) is 6.61 Å². The van der Waals surface area contributed by atoms with Gasteiger partial charge in [-0.15, -0.1) is 0 Å². The molecule has 0 spiro atoms. The Bertz CT molecular complexity index is 951. The molecule has 144 valence electrons. The Morgan fingerprint density at radius 2 is 1.85 bits per heavy atom. The SMILES string of the molecule is Cc1ccc(C)c(C(=O)COC(=O)Cn2cc(C(F)(F)F)cc(Cl)c2=O)c1. The largest absolute Gasteiger partial charge is 0.456 e. The van der Waals surface area contributed by atoms with Crippen molar-refractivity contribution in [2.24, 2.45) is 0 Å². The van der Waals surface area contributed by atoms with Crippen LogP contribution in [0.25, 0.3) is 0 Å². The normalized spacial score (nSPS) is 11.3. The smallest absolute Gasteiger partial charge is 0.417 e. The van der Waals surface area contributed by atoms with Crippen molar-refractivity contribution < 1.29 is 27.5 Å². The second-order valence-electron chi connectivity index (χ2n) is 5.91. The summed E-state index contributed by atoms with van der Waals surface area (Å²) >= 11 is 5.51. The lowest BCUT2D eigenvalue weighted by Gasteiger charge is -2.12. The van der Waals surface area contributed by atoms with Gasteiger partial charge in [-0.2, -0.15) is 13.2 Å². The number of benzene rings is 1. The number of nitrogens with zero attached hydrogens (tertiary/aromatic N) is 1. The van der Waals surface area contributed by atoms with Gasteiger partial charge in [-0.05, 0) is 31.5 Å². The molecular formula is C18H15ClF3NO4. The van der Waals surface area contributed by atoms with Crippen LogP contribution in [0, 0.1) is 13.8 Å². The second kappa shape index (κ2) is 7.96. The number of halogens is 4. The van der Waals surface area contributed by atoms with Gasteiger partial charge in [-0.1, -0.05) is 29.3 Å². The number of hydrogen-bond acceptors (Lipinski definition) is 4. The summed E-state index contributed by atoms with van der Waals surface area (Å²) < 4.78 is 43.7. The first kappa shape index (κ1) is 20.7. The number of pyridine rings is 1. The summed E-state index contributed by atoms with van der Waals surface area (Å²) in [4.78, 5) is 35.8. The van der Waals surface area contributed by atoms with E-state index in [1.807, 2.05) is 6.07 Å². The number of esters is 1. The van der Waals surface area contributed by atoms with Crippen LogP contribution >= 0.6 is 11.6 Å². The minimum absolute atomic E-state index is 0.377. The minimum Gasteiger partial charge on any atom is -0.456 e. The highest BCUT2D eigenvalue weighted by Crippen LogP contribution is 2.29. The summed E-state index contributed by atoms with van der Waals surface area (Å²) in [5, 5.41) is -0.677. The van der Waals surface area contributed by atoms with Crippen LogP contribution in [0.1, 0.15) is 27.0 Å².